The van der Waals surface area contributed by atoms with Crippen molar-refractivity contribution in [3.05, 3.63) is 65.0 Å². The number of rotatable bonds is 2. The van der Waals surface area contributed by atoms with Crippen LogP contribution in [0.2, 0.25) is 0 Å². The Morgan fingerprint density at radius 3 is 2.36 bits per heavy atom. The lowest BCUT2D eigenvalue weighted by Crippen LogP contribution is -2.05. The van der Waals surface area contributed by atoms with Gasteiger partial charge in [0.15, 0.2) is 5.82 Å². The van der Waals surface area contributed by atoms with Crippen LogP contribution < -0.4 is 0 Å². The number of hydrogen-bond donors (Lipinski definition) is 0. The minimum absolute atomic E-state index is 0.750. The second-order valence-electron chi connectivity index (χ2n) is 6.91. The lowest BCUT2D eigenvalue weighted by Gasteiger charge is -2.14. The molecule has 3 heteroatoms. The molecule has 1 aliphatic carbocycles. The van der Waals surface area contributed by atoms with Crippen molar-refractivity contribution >= 4 is 0 Å². The van der Waals surface area contributed by atoms with Crippen molar-refractivity contribution in [3.8, 4) is 22.8 Å². The van der Waals surface area contributed by atoms with Gasteiger partial charge in [-0.2, -0.15) is 0 Å². The number of hydrogen-bond acceptors (Lipinski definition) is 3. The molecule has 1 aromatic carbocycles. The SMILES string of the molecule is Cc1ccc(-c2nc(-c3cccc(C)n3)nc3c2CCCCC3)cc1. The smallest absolute Gasteiger partial charge is 0.178 e. The van der Waals surface area contributed by atoms with Gasteiger partial charge in [-0.15, -0.1) is 0 Å². The van der Waals surface area contributed by atoms with Crippen molar-refractivity contribution in [2.75, 3.05) is 0 Å². The van der Waals surface area contributed by atoms with Crippen LogP contribution in [0, 0.1) is 13.8 Å². The van der Waals surface area contributed by atoms with Crippen molar-refractivity contribution in [2.45, 2.75) is 46.0 Å². The van der Waals surface area contributed by atoms with E-state index in [1.165, 1.54) is 41.6 Å². The Kier molecular flexibility index (Phi) is 4.31. The maximum atomic E-state index is 4.97. The molecule has 0 saturated carbocycles. The van der Waals surface area contributed by atoms with E-state index in [2.05, 4.69) is 36.2 Å². The average molecular weight is 329 g/mol. The highest BCUT2D eigenvalue weighted by atomic mass is 14.9. The average Bonchev–Trinajstić information content (AvgIpc) is 2.87. The van der Waals surface area contributed by atoms with Gasteiger partial charge in [0.1, 0.15) is 5.69 Å². The highest BCUT2D eigenvalue weighted by Gasteiger charge is 2.19. The minimum atomic E-state index is 0.750. The molecule has 0 spiro atoms. The molecule has 1 aliphatic rings. The Hall–Kier alpha value is -2.55. The van der Waals surface area contributed by atoms with Gasteiger partial charge in [-0.1, -0.05) is 42.3 Å². The Bertz CT molecular complexity index is 898. The normalized spacial score (nSPS) is 14.0. The Balaban J connectivity index is 1.91. The minimum Gasteiger partial charge on any atom is -0.250 e. The number of benzene rings is 1. The largest absolute Gasteiger partial charge is 0.250 e. The zero-order chi connectivity index (χ0) is 17.2. The first-order valence-corrected chi connectivity index (χ1v) is 9.11. The fourth-order valence-electron chi connectivity index (χ4n) is 3.50. The number of pyridine rings is 1. The highest BCUT2D eigenvalue weighted by molar-refractivity contribution is 5.67. The Morgan fingerprint density at radius 2 is 1.56 bits per heavy atom. The second kappa shape index (κ2) is 6.75. The van der Waals surface area contributed by atoms with Gasteiger partial charge >= 0.3 is 0 Å². The van der Waals surface area contributed by atoms with Crippen molar-refractivity contribution < 1.29 is 0 Å². The molecule has 0 aliphatic heterocycles. The van der Waals surface area contributed by atoms with Gasteiger partial charge in [0.05, 0.1) is 5.69 Å². The summed E-state index contributed by atoms with van der Waals surface area (Å²) in [6.07, 6.45) is 5.80. The monoisotopic (exact) mass is 329 g/mol. The van der Waals surface area contributed by atoms with Gasteiger partial charge in [0, 0.05) is 22.5 Å². The van der Waals surface area contributed by atoms with E-state index in [0.717, 1.165) is 35.7 Å². The van der Waals surface area contributed by atoms with Crippen molar-refractivity contribution in [1.29, 1.82) is 0 Å². The van der Waals surface area contributed by atoms with Crippen molar-refractivity contribution in [3.63, 3.8) is 0 Å². The molecule has 4 rings (SSSR count). The number of aryl methyl sites for hydroxylation is 3. The first-order chi connectivity index (χ1) is 12.2. The van der Waals surface area contributed by atoms with Crippen LogP contribution in [0.5, 0.6) is 0 Å². The van der Waals surface area contributed by atoms with Crippen molar-refractivity contribution in [2.24, 2.45) is 0 Å². The molecular formula is C22H23N3. The summed E-state index contributed by atoms with van der Waals surface area (Å²) in [6, 6.07) is 14.7. The van der Waals surface area contributed by atoms with Crippen LogP contribution >= 0.6 is 0 Å². The molecule has 0 unspecified atom stereocenters. The predicted molar refractivity (Wildman–Crippen MR) is 101 cm³/mol. The first-order valence-electron chi connectivity index (χ1n) is 9.11. The predicted octanol–water partition coefficient (Wildman–Crippen LogP) is 5.09. The molecule has 0 saturated heterocycles. The summed E-state index contributed by atoms with van der Waals surface area (Å²) in [7, 11) is 0. The van der Waals surface area contributed by atoms with Crippen LogP contribution in [0.15, 0.2) is 42.5 Å². The molecule has 3 nitrogen and oxygen atoms in total. The second-order valence-corrected chi connectivity index (χ2v) is 6.91. The van der Waals surface area contributed by atoms with E-state index < -0.39 is 0 Å². The third-order valence-electron chi connectivity index (χ3n) is 4.88. The molecule has 0 atom stereocenters. The van der Waals surface area contributed by atoms with Crippen LogP contribution in [0.4, 0.5) is 0 Å². The Labute approximate surface area is 149 Å². The van der Waals surface area contributed by atoms with E-state index >= 15 is 0 Å². The maximum Gasteiger partial charge on any atom is 0.178 e. The highest BCUT2D eigenvalue weighted by Crippen LogP contribution is 2.31. The van der Waals surface area contributed by atoms with Gasteiger partial charge in [-0.25, -0.2) is 15.0 Å². The molecular weight excluding hydrogens is 306 g/mol. The number of fused-ring (bicyclic) bond motifs is 1. The molecule has 0 radical (unpaired) electrons. The summed E-state index contributed by atoms with van der Waals surface area (Å²) in [5.74, 6) is 0.750. The lowest BCUT2D eigenvalue weighted by molar-refractivity contribution is 0.709. The first kappa shape index (κ1) is 15.9. The molecule has 0 amide bonds. The van der Waals surface area contributed by atoms with Gasteiger partial charge in [0.25, 0.3) is 0 Å². The third-order valence-corrected chi connectivity index (χ3v) is 4.88. The summed E-state index contributed by atoms with van der Waals surface area (Å²) >= 11 is 0. The van der Waals surface area contributed by atoms with E-state index in [1.54, 1.807) is 0 Å². The standard InChI is InChI=1S/C22H23N3/c1-15-11-13-17(14-12-15)21-18-8-4-3-5-9-19(18)24-22(25-21)20-10-6-7-16(2)23-20/h6-7,10-14H,3-5,8-9H2,1-2H3. The summed E-state index contributed by atoms with van der Waals surface area (Å²) < 4.78 is 0. The van der Waals surface area contributed by atoms with E-state index in [0.29, 0.717) is 0 Å². The van der Waals surface area contributed by atoms with Gasteiger partial charge in [-0.05, 0) is 51.7 Å². The molecule has 3 aromatic rings. The molecule has 0 bridgehead atoms. The molecule has 0 N–H and O–H groups in total. The van der Waals surface area contributed by atoms with Crippen LogP contribution in [0.25, 0.3) is 22.8 Å². The maximum absolute atomic E-state index is 4.97. The van der Waals surface area contributed by atoms with Crippen LogP contribution in [-0.4, -0.2) is 15.0 Å². The molecule has 2 aromatic heterocycles. The van der Waals surface area contributed by atoms with Gasteiger partial charge in [-0.3, -0.25) is 0 Å². The summed E-state index contributed by atoms with van der Waals surface area (Å²) in [6.45, 7) is 4.13. The zero-order valence-corrected chi connectivity index (χ0v) is 14.9. The van der Waals surface area contributed by atoms with E-state index in [-0.39, 0.29) is 0 Å². The topological polar surface area (TPSA) is 38.7 Å². The van der Waals surface area contributed by atoms with Crippen LogP contribution in [0.1, 0.15) is 41.8 Å². The fourth-order valence-corrected chi connectivity index (χ4v) is 3.50. The summed E-state index contributed by atoms with van der Waals surface area (Å²) in [5, 5.41) is 0. The number of aromatic nitrogens is 3. The molecule has 2 heterocycles. The van der Waals surface area contributed by atoms with Crippen LogP contribution in [0.3, 0.4) is 0 Å². The fraction of sp³-hybridized carbons (Fsp3) is 0.318. The van der Waals surface area contributed by atoms with Crippen molar-refractivity contribution in [1.82, 2.24) is 15.0 Å². The van der Waals surface area contributed by atoms with E-state index in [1.807, 2.05) is 25.1 Å². The van der Waals surface area contributed by atoms with Crippen LogP contribution in [-0.2, 0) is 12.8 Å². The molecule has 0 fully saturated rings. The zero-order valence-electron chi connectivity index (χ0n) is 14.9. The quantitative estimate of drug-likeness (QED) is 0.615. The lowest BCUT2D eigenvalue weighted by atomic mass is 9.99. The number of nitrogens with zero attached hydrogens (tertiary/aromatic N) is 3. The summed E-state index contributed by atoms with van der Waals surface area (Å²) in [4.78, 5) is 14.5. The Morgan fingerprint density at radius 1 is 0.760 bits per heavy atom. The molecule has 126 valence electrons. The molecule has 25 heavy (non-hydrogen) atoms. The third kappa shape index (κ3) is 3.32. The van der Waals surface area contributed by atoms with Gasteiger partial charge in [0.2, 0.25) is 0 Å². The summed E-state index contributed by atoms with van der Waals surface area (Å²) in [5.41, 5.74) is 7.93. The van der Waals surface area contributed by atoms with E-state index in [4.69, 9.17) is 9.97 Å². The van der Waals surface area contributed by atoms with Gasteiger partial charge < -0.3 is 0 Å². The van der Waals surface area contributed by atoms with E-state index in [9.17, 15) is 0 Å².